The smallest absolute Gasteiger partial charge is 0.329 e. The summed E-state index contributed by atoms with van der Waals surface area (Å²) in [5.74, 6) is 2.66. The highest BCUT2D eigenvalue weighted by atomic mass is 16.5. The van der Waals surface area contributed by atoms with Gasteiger partial charge < -0.3 is 14.7 Å². The van der Waals surface area contributed by atoms with Crippen LogP contribution in [0.5, 0.6) is 0 Å². The van der Waals surface area contributed by atoms with Gasteiger partial charge in [-0.1, -0.05) is 20.8 Å². The third-order valence-corrected chi connectivity index (χ3v) is 9.68. The molecular weight excluding hydrogens is 354 g/mol. The van der Waals surface area contributed by atoms with E-state index >= 15 is 0 Å². The molecule has 4 aliphatic rings. The summed E-state index contributed by atoms with van der Waals surface area (Å²) in [6.07, 6.45) is 7.83. The number of aliphatic carboxylic acids is 1. The van der Waals surface area contributed by atoms with E-state index in [2.05, 4.69) is 25.7 Å². The van der Waals surface area contributed by atoms with Gasteiger partial charge >= 0.3 is 5.97 Å². The van der Waals surface area contributed by atoms with Gasteiger partial charge in [0.15, 0.2) is 0 Å². The zero-order valence-electron chi connectivity index (χ0n) is 17.9. The minimum absolute atomic E-state index is 0.184. The standard InChI is InChI=1S/C23H37NO4/c1-14-11-17-15-5-6-19-23(3,10-8-20(25)24(19)4)16(15)7-9-22(17,2)18(14)12-28-13-21(26)27/h14-19H,5-13H2,1-4H3,(H,26,27)/t14?,15-,16-,17+,18?,19?,22+,23-/m1/s1. The second-order valence-corrected chi connectivity index (χ2v) is 10.8. The largest absolute Gasteiger partial charge is 0.480 e. The van der Waals surface area contributed by atoms with Crippen LogP contribution in [0.1, 0.15) is 65.7 Å². The third kappa shape index (κ3) is 2.91. The van der Waals surface area contributed by atoms with Crippen molar-refractivity contribution in [1.29, 1.82) is 0 Å². The molecule has 0 radical (unpaired) electrons. The lowest BCUT2D eigenvalue weighted by Crippen LogP contribution is -2.61. The molecule has 8 atom stereocenters. The number of carboxylic acids is 1. The predicted molar refractivity (Wildman–Crippen MR) is 107 cm³/mol. The zero-order chi connectivity index (χ0) is 20.3. The third-order valence-electron chi connectivity index (χ3n) is 9.68. The quantitative estimate of drug-likeness (QED) is 0.791. The predicted octanol–water partition coefficient (Wildman–Crippen LogP) is 3.81. The number of carboxylic acid groups (broad SMARTS) is 1. The maximum Gasteiger partial charge on any atom is 0.329 e. The number of piperidine rings is 1. The molecule has 5 heteroatoms. The van der Waals surface area contributed by atoms with Crippen molar-refractivity contribution in [2.75, 3.05) is 20.3 Å². The zero-order valence-corrected chi connectivity index (χ0v) is 17.9. The average molecular weight is 392 g/mol. The van der Waals surface area contributed by atoms with Gasteiger partial charge in [-0.15, -0.1) is 0 Å². The van der Waals surface area contributed by atoms with Crippen LogP contribution in [0.25, 0.3) is 0 Å². The fourth-order valence-electron chi connectivity index (χ4n) is 8.25. The summed E-state index contributed by atoms with van der Waals surface area (Å²) in [6, 6.07) is 0.410. The minimum atomic E-state index is -0.877. The Bertz CT molecular complexity index is 651. The van der Waals surface area contributed by atoms with Crippen LogP contribution < -0.4 is 0 Å². The number of carbonyl (C=O) groups is 2. The minimum Gasteiger partial charge on any atom is -0.480 e. The first-order valence-corrected chi connectivity index (χ1v) is 11.2. The topological polar surface area (TPSA) is 66.8 Å². The molecule has 0 spiro atoms. The van der Waals surface area contributed by atoms with E-state index in [1.54, 1.807) is 0 Å². The first-order chi connectivity index (χ1) is 13.2. The fourth-order valence-corrected chi connectivity index (χ4v) is 8.25. The van der Waals surface area contributed by atoms with E-state index in [0.717, 1.165) is 18.8 Å². The highest BCUT2D eigenvalue weighted by Crippen LogP contribution is 2.67. The van der Waals surface area contributed by atoms with E-state index in [-0.39, 0.29) is 17.4 Å². The highest BCUT2D eigenvalue weighted by molar-refractivity contribution is 5.77. The monoisotopic (exact) mass is 391 g/mol. The normalized spacial score (nSPS) is 48.0. The molecule has 1 aliphatic heterocycles. The molecule has 4 rings (SSSR count). The SMILES string of the molecule is CC1C[C@H]2[C@@H]3CCC4N(C)C(=O)CC[C@]4(C)[C@@H]3CC[C@]2(C)C1COCC(=O)O. The van der Waals surface area contributed by atoms with Crippen molar-refractivity contribution in [1.82, 2.24) is 4.90 Å². The van der Waals surface area contributed by atoms with E-state index in [0.29, 0.717) is 48.6 Å². The lowest BCUT2D eigenvalue weighted by Gasteiger charge is -2.61. The Kier molecular flexibility index (Phi) is 5.05. The summed E-state index contributed by atoms with van der Waals surface area (Å²) in [5, 5.41) is 8.93. The molecule has 0 aromatic heterocycles. The van der Waals surface area contributed by atoms with E-state index in [1.165, 1.54) is 25.7 Å². The van der Waals surface area contributed by atoms with Crippen molar-refractivity contribution < 1.29 is 19.4 Å². The van der Waals surface area contributed by atoms with Gasteiger partial charge in [0.2, 0.25) is 5.91 Å². The van der Waals surface area contributed by atoms with Crippen molar-refractivity contribution in [3.8, 4) is 0 Å². The van der Waals surface area contributed by atoms with E-state index in [9.17, 15) is 9.59 Å². The second-order valence-electron chi connectivity index (χ2n) is 10.8. The number of hydrogen-bond acceptors (Lipinski definition) is 3. The van der Waals surface area contributed by atoms with Gasteiger partial charge in [0, 0.05) is 19.5 Å². The number of amides is 1. The van der Waals surface area contributed by atoms with E-state index < -0.39 is 5.97 Å². The Morgan fingerprint density at radius 3 is 2.64 bits per heavy atom. The molecule has 3 aliphatic carbocycles. The molecule has 0 aromatic carbocycles. The number of nitrogens with zero attached hydrogens (tertiary/aromatic N) is 1. The Labute approximate surface area is 169 Å². The summed E-state index contributed by atoms with van der Waals surface area (Å²) >= 11 is 0. The van der Waals surface area contributed by atoms with Crippen LogP contribution in [0.2, 0.25) is 0 Å². The van der Waals surface area contributed by atoms with Crippen LogP contribution in [0, 0.1) is 40.4 Å². The van der Waals surface area contributed by atoms with E-state index in [1.807, 2.05) is 7.05 Å². The van der Waals surface area contributed by atoms with Crippen molar-refractivity contribution in [2.45, 2.75) is 71.8 Å². The molecule has 3 unspecified atom stereocenters. The molecule has 0 aromatic rings. The van der Waals surface area contributed by atoms with Gasteiger partial charge in [0.25, 0.3) is 0 Å². The van der Waals surface area contributed by atoms with E-state index in [4.69, 9.17) is 9.84 Å². The molecule has 1 saturated heterocycles. The fraction of sp³-hybridized carbons (Fsp3) is 0.913. The van der Waals surface area contributed by atoms with Gasteiger partial charge in [-0.25, -0.2) is 4.79 Å². The molecule has 1 N–H and O–H groups in total. The van der Waals surface area contributed by atoms with Crippen molar-refractivity contribution in [3.63, 3.8) is 0 Å². The van der Waals surface area contributed by atoms with Crippen LogP contribution in [0.4, 0.5) is 0 Å². The Balaban J connectivity index is 1.54. The van der Waals surface area contributed by atoms with Crippen LogP contribution in [-0.4, -0.2) is 48.2 Å². The Hall–Kier alpha value is -1.10. The second kappa shape index (κ2) is 7.00. The van der Waals surface area contributed by atoms with Crippen molar-refractivity contribution in [2.24, 2.45) is 40.4 Å². The number of ether oxygens (including phenoxy) is 1. The van der Waals surface area contributed by atoms with Crippen molar-refractivity contribution in [3.05, 3.63) is 0 Å². The van der Waals surface area contributed by atoms with Gasteiger partial charge in [0.1, 0.15) is 6.61 Å². The Morgan fingerprint density at radius 2 is 1.93 bits per heavy atom. The molecule has 5 nitrogen and oxygen atoms in total. The van der Waals surface area contributed by atoms with Crippen LogP contribution in [0.15, 0.2) is 0 Å². The summed E-state index contributed by atoms with van der Waals surface area (Å²) in [5.41, 5.74) is 0.521. The maximum absolute atomic E-state index is 12.3. The van der Waals surface area contributed by atoms with Crippen LogP contribution in [-0.2, 0) is 14.3 Å². The number of hydrogen-bond donors (Lipinski definition) is 1. The number of carbonyl (C=O) groups excluding carboxylic acids is 1. The highest BCUT2D eigenvalue weighted by Gasteiger charge is 2.62. The van der Waals surface area contributed by atoms with Crippen LogP contribution >= 0.6 is 0 Å². The number of likely N-dealkylation sites (tertiary alicyclic amines) is 1. The van der Waals surface area contributed by atoms with Crippen LogP contribution in [0.3, 0.4) is 0 Å². The maximum atomic E-state index is 12.3. The molecular formula is C23H37NO4. The molecule has 4 fully saturated rings. The molecule has 28 heavy (non-hydrogen) atoms. The summed E-state index contributed by atoms with van der Waals surface area (Å²) in [4.78, 5) is 25.2. The lowest BCUT2D eigenvalue weighted by atomic mass is 9.47. The molecule has 158 valence electrons. The first-order valence-electron chi connectivity index (χ1n) is 11.2. The summed E-state index contributed by atoms with van der Waals surface area (Å²) in [6.45, 7) is 7.65. The van der Waals surface area contributed by atoms with Gasteiger partial charge in [-0.05, 0) is 78.9 Å². The Morgan fingerprint density at radius 1 is 1.18 bits per heavy atom. The number of rotatable bonds is 4. The molecule has 3 saturated carbocycles. The van der Waals surface area contributed by atoms with Gasteiger partial charge in [-0.3, -0.25) is 4.79 Å². The molecule has 0 bridgehead atoms. The van der Waals surface area contributed by atoms with Crippen molar-refractivity contribution >= 4 is 11.9 Å². The summed E-state index contributed by atoms with van der Waals surface area (Å²) in [7, 11) is 2.02. The van der Waals surface area contributed by atoms with Gasteiger partial charge in [-0.2, -0.15) is 0 Å². The summed E-state index contributed by atoms with van der Waals surface area (Å²) < 4.78 is 5.59. The average Bonchev–Trinajstić information content (AvgIpc) is 2.89. The first kappa shape index (κ1) is 20.2. The molecule has 1 amide bonds. The number of fused-ring (bicyclic) bond motifs is 5. The molecule has 1 heterocycles. The van der Waals surface area contributed by atoms with Gasteiger partial charge in [0.05, 0.1) is 6.61 Å². The lowest BCUT2D eigenvalue weighted by molar-refractivity contribution is -0.159.